The first-order chi connectivity index (χ1) is 14.6. The Morgan fingerprint density at radius 2 is 1.63 bits per heavy atom. The molecule has 0 saturated heterocycles. The number of fused-ring (bicyclic) bond motifs is 1. The lowest BCUT2D eigenvalue weighted by Gasteiger charge is -2.08. The molecule has 1 aromatic heterocycles. The largest absolute Gasteiger partial charge is 0.451 e. The van der Waals surface area contributed by atoms with Crippen molar-refractivity contribution in [3.8, 4) is 5.69 Å². The summed E-state index contributed by atoms with van der Waals surface area (Å²) in [4.78, 5) is 36.4. The van der Waals surface area contributed by atoms with Crippen LogP contribution in [0.5, 0.6) is 0 Å². The summed E-state index contributed by atoms with van der Waals surface area (Å²) in [6, 6.07) is 18.0. The molecule has 1 aliphatic carbocycles. The highest BCUT2D eigenvalue weighted by molar-refractivity contribution is 5.96. The average Bonchev–Trinajstić information content (AvgIpc) is 3.40. The number of nitrogens with zero attached hydrogens (tertiary/aromatic N) is 2. The molecule has 1 aliphatic rings. The van der Waals surface area contributed by atoms with Gasteiger partial charge in [0.2, 0.25) is 0 Å². The molecule has 152 valence electrons. The van der Waals surface area contributed by atoms with Gasteiger partial charge < -0.3 is 4.74 Å². The molecule has 2 amide bonds. The number of benzene rings is 2. The van der Waals surface area contributed by atoms with Crippen molar-refractivity contribution in [2.75, 3.05) is 6.61 Å². The van der Waals surface area contributed by atoms with Crippen LogP contribution in [0.3, 0.4) is 0 Å². The van der Waals surface area contributed by atoms with Crippen LogP contribution in [0.2, 0.25) is 0 Å². The van der Waals surface area contributed by atoms with E-state index in [1.165, 1.54) is 0 Å². The summed E-state index contributed by atoms with van der Waals surface area (Å²) in [7, 11) is 0. The molecule has 0 saturated carbocycles. The fourth-order valence-electron chi connectivity index (χ4n) is 3.41. The van der Waals surface area contributed by atoms with Gasteiger partial charge in [-0.2, -0.15) is 5.10 Å². The third-order valence-electron chi connectivity index (χ3n) is 4.81. The number of aromatic nitrogens is 2. The van der Waals surface area contributed by atoms with Crippen LogP contribution >= 0.6 is 0 Å². The molecule has 0 bridgehead atoms. The van der Waals surface area contributed by atoms with E-state index in [1.807, 2.05) is 30.3 Å². The van der Waals surface area contributed by atoms with Crippen molar-refractivity contribution in [2.24, 2.45) is 0 Å². The number of rotatable bonds is 5. The molecule has 1 heterocycles. The van der Waals surface area contributed by atoms with Crippen molar-refractivity contribution in [1.29, 1.82) is 0 Å². The highest BCUT2D eigenvalue weighted by atomic mass is 16.5. The number of hydrogen-bond donors (Lipinski definition) is 2. The van der Waals surface area contributed by atoms with Crippen LogP contribution in [0.1, 0.15) is 38.5 Å². The monoisotopic (exact) mass is 404 g/mol. The minimum absolute atomic E-state index is 0.229. The Hall–Kier alpha value is -3.94. The van der Waals surface area contributed by atoms with Crippen LogP contribution < -0.4 is 10.9 Å². The first-order valence-corrected chi connectivity index (χ1v) is 9.61. The maximum absolute atomic E-state index is 12.5. The topological polar surface area (TPSA) is 102 Å². The number of para-hydroxylation sites is 1. The molecule has 30 heavy (non-hydrogen) atoms. The molecule has 8 heteroatoms. The third-order valence-corrected chi connectivity index (χ3v) is 4.81. The highest BCUT2D eigenvalue weighted by Gasteiger charge is 2.28. The van der Waals surface area contributed by atoms with E-state index in [0.717, 1.165) is 36.2 Å². The second kappa shape index (κ2) is 8.60. The number of esters is 1. The zero-order valence-electron chi connectivity index (χ0n) is 16.1. The normalized spacial score (nSPS) is 12.1. The third kappa shape index (κ3) is 4.07. The first kappa shape index (κ1) is 19.4. The Morgan fingerprint density at radius 1 is 0.933 bits per heavy atom. The van der Waals surface area contributed by atoms with Gasteiger partial charge in [-0.3, -0.25) is 20.4 Å². The number of carbonyl (C=O) groups is 3. The van der Waals surface area contributed by atoms with E-state index in [2.05, 4.69) is 16.0 Å². The van der Waals surface area contributed by atoms with Gasteiger partial charge in [-0.25, -0.2) is 9.48 Å². The smallest absolute Gasteiger partial charge is 0.359 e. The maximum atomic E-state index is 12.5. The molecule has 0 unspecified atom stereocenters. The minimum Gasteiger partial charge on any atom is -0.451 e. The molecule has 2 N–H and O–H groups in total. The second-order valence-electron chi connectivity index (χ2n) is 6.82. The maximum Gasteiger partial charge on any atom is 0.359 e. The number of nitrogens with one attached hydrogen (secondary N) is 2. The zero-order chi connectivity index (χ0) is 20.9. The van der Waals surface area contributed by atoms with E-state index < -0.39 is 24.4 Å². The fourth-order valence-corrected chi connectivity index (χ4v) is 3.41. The Balaban J connectivity index is 1.37. The van der Waals surface area contributed by atoms with Crippen molar-refractivity contribution in [3.63, 3.8) is 0 Å². The molecule has 0 atom stereocenters. The first-order valence-electron chi connectivity index (χ1n) is 9.61. The van der Waals surface area contributed by atoms with Crippen LogP contribution in [-0.4, -0.2) is 34.2 Å². The summed E-state index contributed by atoms with van der Waals surface area (Å²) in [5.41, 5.74) is 7.87. The summed E-state index contributed by atoms with van der Waals surface area (Å²) >= 11 is 0. The van der Waals surface area contributed by atoms with E-state index in [9.17, 15) is 14.4 Å². The lowest BCUT2D eigenvalue weighted by Crippen LogP contribution is -2.43. The molecule has 0 fully saturated rings. The van der Waals surface area contributed by atoms with Crippen LogP contribution in [0, 0.1) is 0 Å². The van der Waals surface area contributed by atoms with E-state index >= 15 is 0 Å². The standard InChI is InChI=1S/C22H20N4O4/c27-19(23-24-21(28)15-8-3-1-4-9-15)14-30-22(29)20-17-12-7-13-18(17)26(25-20)16-10-5-2-6-11-16/h1-6,8-11H,7,12-14H2,(H,23,27)(H,24,28). The van der Waals surface area contributed by atoms with E-state index in [4.69, 9.17) is 4.74 Å². The van der Waals surface area contributed by atoms with Gasteiger partial charge in [-0.1, -0.05) is 36.4 Å². The summed E-state index contributed by atoms with van der Waals surface area (Å²) in [6.45, 7) is -0.527. The van der Waals surface area contributed by atoms with Gasteiger partial charge in [0, 0.05) is 16.8 Å². The Bertz CT molecular complexity index is 1080. The number of ether oxygens (including phenoxy) is 1. The van der Waals surface area contributed by atoms with Gasteiger partial charge in [0.15, 0.2) is 12.3 Å². The number of carbonyl (C=O) groups excluding carboxylic acids is 3. The van der Waals surface area contributed by atoms with E-state index in [-0.39, 0.29) is 5.69 Å². The van der Waals surface area contributed by atoms with Crippen molar-refractivity contribution in [2.45, 2.75) is 19.3 Å². The van der Waals surface area contributed by atoms with E-state index in [0.29, 0.717) is 5.56 Å². The van der Waals surface area contributed by atoms with Crippen molar-refractivity contribution >= 4 is 17.8 Å². The summed E-state index contributed by atoms with van der Waals surface area (Å²) in [6.07, 6.45) is 2.51. The van der Waals surface area contributed by atoms with Gasteiger partial charge >= 0.3 is 5.97 Å². The Morgan fingerprint density at radius 3 is 2.37 bits per heavy atom. The number of hydrazine groups is 1. The predicted molar refractivity (Wildman–Crippen MR) is 108 cm³/mol. The number of hydrogen-bond acceptors (Lipinski definition) is 5. The molecule has 0 spiro atoms. The molecule has 4 rings (SSSR count). The van der Waals surface area contributed by atoms with Crippen LogP contribution in [0.25, 0.3) is 5.69 Å². The van der Waals surface area contributed by atoms with Crippen LogP contribution in [0.15, 0.2) is 60.7 Å². The molecule has 8 nitrogen and oxygen atoms in total. The zero-order valence-corrected chi connectivity index (χ0v) is 16.1. The van der Waals surface area contributed by atoms with Crippen molar-refractivity contribution < 1.29 is 19.1 Å². The summed E-state index contributed by atoms with van der Waals surface area (Å²) in [5.74, 6) is -1.77. The average molecular weight is 404 g/mol. The Kier molecular flexibility index (Phi) is 5.56. The molecular formula is C22H20N4O4. The van der Waals surface area contributed by atoms with Crippen molar-refractivity contribution in [1.82, 2.24) is 20.6 Å². The minimum atomic E-state index is -0.660. The molecule has 2 aromatic carbocycles. The molecule has 3 aromatic rings. The summed E-state index contributed by atoms with van der Waals surface area (Å²) < 4.78 is 6.89. The molecular weight excluding hydrogens is 384 g/mol. The summed E-state index contributed by atoms with van der Waals surface area (Å²) in [5, 5.41) is 4.43. The molecule has 0 radical (unpaired) electrons. The SMILES string of the molecule is O=C(COC(=O)c1nn(-c2ccccc2)c2c1CCC2)NNC(=O)c1ccccc1. The molecule has 0 aliphatic heterocycles. The van der Waals surface area contributed by atoms with Gasteiger partial charge in [0.1, 0.15) is 0 Å². The number of amides is 2. The van der Waals surface area contributed by atoms with Gasteiger partial charge in [-0.15, -0.1) is 0 Å². The fraction of sp³-hybridized carbons (Fsp3) is 0.182. The second-order valence-corrected chi connectivity index (χ2v) is 6.82. The van der Waals surface area contributed by atoms with Gasteiger partial charge in [0.25, 0.3) is 11.8 Å². The van der Waals surface area contributed by atoms with Gasteiger partial charge in [0.05, 0.1) is 5.69 Å². The van der Waals surface area contributed by atoms with Crippen molar-refractivity contribution in [3.05, 3.63) is 83.2 Å². The van der Waals surface area contributed by atoms with Crippen LogP contribution in [-0.2, 0) is 22.4 Å². The van der Waals surface area contributed by atoms with Gasteiger partial charge in [-0.05, 0) is 43.5 Å². The quantitative estimate of drug-likeness (QED) is 0.500. The van der Waals surface area contributed by atoms with E-state index in [1.54, 1.807) is 35.0 Å². The lowest BCUT2D eigenvalue weighted by molar-refractivity contribution is -0.125. The Labute approximate surface area is 172 Å². The van der Waals surface area contributed by atoms with Crippen LogP contribution in [0.4, 0.5) is 0 Å². The lowest BCUT2D eigenvalue weighted by atomic mass is 10.2. The predicted octanol–water partition coefficient (Wildman–Crippen LogP) is 1.98. The highest BCUT2D eigenvalue weighted by Crippen LogP contribution is 2.28.